The molecule has 0 amide bonds. The normalized spacial score (nSPS) is 12.5. The molecule has 0 saturated carbocycles. The van der Waals surface area contributed by atoms with Gasteiger partial charge in [0.2, 0.25) is 0 Å². The zero-order valence-electron chi connectivity index (χ0n) is 34.9. The van der Waals surface area contributed by atoms with E-state index in [1.165, 1.54) is 33.4 Å². The van der Waals surface area contributed by atoms with E-state index in [1.807, 2.05) is 11.8 Å². The summed E-state index contributed by atoms with van der Waals surface area (Å²) in [6, 6.07) is 66.2. The molecule has 0 fully saturated rings. The van der Waals surface area contributed by atoms with Crippen molar-refractivity contribution in [3.63, 3.8) is 0 Å². The molecule has 6 rings (SSSR count). The maximum Gasteiger partial charge on any atom is 0.0912 e. The first-order valence-corrected chi connectivity index (χ1v) is 22.6. The lowest BCUT2D eigenvalue weighted by molar-refractivity contribution is 0.239. The summed E-state index contributed by atoms with van der Waals surface area (Å²) in [6.45, 7) is 14.5. The molecule has 5 heteroatoms. The highest BCUT2D eigenvalue weighted by Crippen LogP contribution is 2.54. The van der Waals surface area contributed by atoms with Crippen LogP contribution in [0.15, 0.2) is 182 Å². The van der Waals surface area contributed by atoms with Crippen LogP contribution in [0.4, 0.5) is 0 Å². The highest BCUT2D eigenvalue weighted by Gasteiger charge is 2.43. The standard InChI is InChI=1S/C53H62N2OS2/c1-50(2,57-52(44-26-12-5-13-27-44,45-28-14-6-15-29-45)46-30-16-7-17-31-46)42-54-38-40-55(39-24-11-25-41-56)43-51(3,4)58-53(47-32-18-8-19-33-47,48-34-20-9-21-35-48)49-36-22-10-23-37-49/h5-10,12-23,26-37,54,56H,11,24-25,38-43H2,1-4H3. The van der Waals surface area contributed by atoms with Gasteiger partial charge >= 0.3 is 0 Å². The van der Waals surface area contributed by atoms with E-state index in [0.717, 1.165) is 52.0 Å². The number of aliphatic hydroxyl groups excluding tert-OH is 1. The predicted octanol–water partition coefficient (Wildman–Crippen LogP) is 12.0. The molecular formula is C53H62N2OS2. The Bertz CT molecular complexity index is 1850. The molecule has 0 atom stereocenters. The molecule has 6 aromatic rings. The number of hydrogen-bond acceptors (Lipinski definition) is 5. The van der Waals surface area contributed by atoms with Crippen molar-refractivity contribution < 1.29 is 5.11 Å². The van der Waals surface area contributed by atoms with Crippen LogP contribution in [0.1, 0.15) is 80.3 Å². The molecule has 58 heavy (non-hydrogen) atoms. The van der Waals surface area contributed by atoms with Crippen LogP contribution in [-0.4, -0.2) is 58.8 Å². The van der Waals surface area contributed by atoms with Crippen molar-refractivity contribution in [2.45, 2.75) is 65.9 Å². The zero-order valence-corrected chi connectivity index (χ0v) is 36.5. The number of unbranched alkanes of at least 4 members (excludes halogenated alkanes) is 2. The van der Waals surface area contributed by atoms with E-state index in [-0.39, 0.29) is 20.8 Å². The first-order chi connectivity index (χ1) is 28.2. The largest absolute Gasteiger partial charge is 0.396 e. The van der Waals surface area contributed by atoms with Crippen molar-refractivity contribution in [2.24, 2.45) is 0 Å². The van der Waals surface area contributed by atoms with Gasteiger partial charge in [0.05, 0.1) is 9.49 Å². The van der Waals surface area contributed by atoms with Crippen molar-refractivity contribution in [1.82, 2.24) is 10.2 Å². The fraction of sp³-hybridized carbons (Fsp3) is 0.321. The Hall–Kier alpha value is -4.10. The van der Waals surface area contributed by atoms with E-state index in [9.17, 15) is 5.11 Å². The molecule has 0 aliphatic carbocycles. The van der Waals surface area contributed by atoms with E-state index < -0.39 is 4.75 Å². The van der Waals surface area contributed by atoms with Crippen molar-refractivity contribution in [2.75, 3.05) is 39.3 Å². The Kier molecular flexibility index (Phi) is 15.5. The third kappa shape index (κ3) is 10.9. The Labute approximate surface area is 357 Å². The molecule has 0 unspecified atom stereocenters. The number of hydrogen-bond donors (Lipinski definition) is 2. The monoisotopic (exact) mass is 806 g/mol. The molecule has 0 radical (unpaired) electrons. The summed E-state index contributed by atoms with van der Waals surface area (Å²) in [5, 5.41) is 13.5. The van der Waals surface area contributed by atoms with Crippen molar-refractivity contribution in [3.05, 3.63) is 215 Å². The average Bonchev–Trinajstić information content (AvgIpc) is 3.26. The lowest BCUT2D eigenvalue weighted by Crippen LogP contribution is -2.45. The average molecular weight is 807 g/mol. The van der Waals surface area contributed by atoms with E-state index in [0.29, 0.717) is 0 Å². The number of nitrogens with one attached hydrogen (secondary N) is 1. The van der Waals surface area contributed by atoms with Crippen LogP contribution in [0.3, 0.4) is 0 Å². The molecule has 0 bridgehead atoms. The Morgan fingerprint density at radius 2 is 0.759 bits per heavy atom. The Balaban J connectivity index is 1.22. The van der Waals surface area contributed by atoms with Gasteiger partial charge in [0.25, 0.3) is 0 Å². The summed E-state index contributed by atoms with van der Waals surface area (Å²) in [5.41, 5.74) is 7.74. The minimum absolute atomic E-state index is 0.108. The summed E-state index contributed by atoms with van der Waals surface area (Å²) < 4.78 is -0.993. The number of thioether (sulfide) groups is 2. The minimum atomic E-state index is -0.391. The minimum Gasteiger partial charge on any atom is -0.396 e. The smallest absolute Gasteiger partial charge is 0.0912 e. The topological polar surface area (TPSA) is 35.5 Å². The third-order valence-electron chi connectivity index (χ3n) is 10.8. The highest BCUT2D eigenvalue weighted by atomic mass is 32.2. The number of nitrogens with zero attached hydrogens (tertiary/aromatic N) is 1. The fourth-order valence-electron chi connectivity index (χ4n) is 8.35. The second-order valence-electron chi connectivity index (χ2n) is 16.5. The molecule has 6 aromatic carbocycles. The summed E-state index contributed by atoms with van der Waals surface area (Å²) >= 11 is 4.10. The summed E-state index contributed by atoms with van der Waals surface area (Å²) in [4.78, 5) is 2.66. The second-order valence-corrected chi connectivity index (χ2v) is 20.4. The summed E-state index contributed by atoms with van der Waals surface area (Å²) in [7, 11) is 0. The molecule has 0 heterocycles. The summed E-state index contributed by atoms with van der Waals surface area (Å²) in [6.07, 6.45) is 2.94. The van der Waals surface area contributed by atoms with Gasteiger partial charge in [-0.2, -0.15) is 0 Å². The van der Waals surface area contributed by atoms with Gasteiger partial charge in [0.15, 0.2) is 0 Å². The number of benzene rings is 6. The van der Waals surface area contributed by atoms with Gasteiger partial charge in [-0.25, -0.2) is 0 Å². The molecule has 3 nitrogen and oxygen atoms in total. The summed E-state index contributed by atoms with van der Waals surface area (Å²) in [5.74, 6) is 0. The van der Waals surface area contributed by atoms with Gasteiger partial charge in [-0.3, -0.25) is 0 Å². The van der Waals surface area contributed by atoms with Crippen LogP contribution >= 0.6 is 23.5 Å². The third-order valence-corrected chi connectivity index (χ3v) is 14.2. The first-order valence-electron chi connectivity index (χ1n) is 21.0. The first kappa shape index (κ1) is 43.5. The van der Waals surface area contributed by atoms with E-state index in [4.69, 9.17) is 0 Å². The number of rotatable bonds is 22. The van der Waals surface area contributed by atoms with Gasteiger partial charge in [-0.15, -0.1) is 23.5 Å². The van der Waals surface area contributed by atoms with Crippen molar-refractivity contribution >= 4 is 23.5 Å². The van der Waals surface area contributed by atoms with Gasteiger partial charge in [0, 0.05) is 42.3 Å². The van der Waals surface area contributed by atoms with Crippen LogP contribution in [-0.2, 0) is 9.49 Å². The molecule has 0 aliphatic rings. The van der Waals surface area contributed by atoms with Gasteiger partial charge in [-0.1, -0.05) is 182 Å². The van der Waals surface area contributed by atoms with Crippen molar-refractivity contribution in [3.8, 4) is 0 Å². The Morgan fingerprint density at radius 3 is 1.09 bits per heavy atom. The van der Waals surface area contributed by atoms with E-state index in [2.05, 4.69) is 232 Å². The van der Waals surface area contributed by atoms with Crippen LogP contribution in [0.2, 0.25) is 0 Å². The molecule has 0 aromatic heterocycles. The quantitative estimate of drug-likeness (QED) is 0.0528. The molecule has 0 aliphatic heterocycles. The lowest BCUT2D eigenvalue weighted by Gasteiger charge is -2.43. The predicted molar refractivity (Wildman–Crippen MR) is 252 cm³/mol. The zero-order chi connectivity index (χ0) is 40.7. The second kappa shape index (κ2) is 20.7. The fourth-order valence-corrected chi connectivity index (χ4v) is 11.9. The van der Waals surface area contributed by atoms with Gasteiger partial charge < -0.3 is 15.3 Å². The van der Waals surface area contributed by atoms with E-state index >= 15 is 0 Å². The van der Waals surface area contributed by atoms with Crippen LogP contribution < -0.4 is 5.32 Å². The van der Waals surface area contributed by atoms with Crippen LogP contribution in [0.25, 0.3) is 0 Å². The highest BCUT2D eigenvalue weighted by molar-refractivity contribution is 8.02. The maximum absolute atomic E-state index is 9.59. The van der Waals surface area contributed by atoms with Gasteiger partial charge in [0.1, 0.15) is 0 Å². The Morgan fingerprint density at radius 1 is 0.431 bits per heavy atom. The molecular weight excluding hydrogens is 745 g/mol. The number of aliphatic hydroxyl groups is 1. The lowest BCUT2D eigenvalue weighted by atomic mass is 9.84. The van der Waals surface area contributed by atoms with Crippen LogP contribution in [0.5, 0.6) is 0 Å². The van der Waals surface area contributed by atoms with Gasteiger partial charge in [-0.05, 0) is 86.9 Å². The molecule has 0 spiro atoms. The SMILES string of the molecule is CC(C)(CNCCN(CCCCCO)CC(C)(C)SC(c1ccccc1)(c1ccccc1)c1ccccc1)SC(c1ccccc1)(c1ccccc1)c1ccccc1. The van der Waals surface area contributed by atoms with E-state index in [1.54, 1.807) is 0 Å². The van der Waals surface area contributed by atoms with Crippen molar-refractivity contribution in [1.29, 1.82) is 0 Å². The molecule has 0 saturated heterocycles. The molecule has 2 N–H and O–H groups in total. The maximum atomic E-state index is 9.59. The molecule has 302 valence electrons. The van der Waals surface area contributed by atoms with Crippen LogP contribution in [0, 0.1) is 0 Å².